The molecule has 3 aromatic carbocycles. The molecule has 0 aliphatic carbocycles. The molecule has 1 aliphatic rings. The van der Waals surface area contributed by atoms with Gasteiger partial charge in [-0.3, -0.25) is 4.90 Å². The second kappa shape index (κ2) is 11.8. The van der Waals surface area contributed by atoms with Crippen molar-refractivity contribution in [3.8, 4) is 17.2 Å². The van der Waals surface area contributed by atoms with Crippen LogP contribution >= 0.6 is 0 Å². The molecule has 39 heavy (non-hydrogen) atoms. The third kappa shape index (κ3) is 6.52. The highest BCUT2D eigenvalue weighted by Crippen LogP contribution is 2.29. The van der Waals surface area contributed by atoms with Gasteiger partial charge < -0.3 is 23.0 Å². The fourth-order valence-corrected chi connectivity index (χ4v) is 5.49. The molecular formula is C29H30N2O7S. The predicted octanol–water partition coefficient (Wildman–Crippen LogP) is 4.16. The monoisotopic (exact) mass is 550 g/mol. The first-order valence-electron chi connectivity index (χ1n) is 12.7. The second-order valence-corrected chi connectivity index (χ2v) is 10.7. The molecule has 204 valence electrons. The maximum Gasteiger partial charge on any atom is 0.340 e. The average Bonchev–Trinajstić information content (AvgIpc) is 2.96. The van der Waals surface area contributed by atoms with Crippen molar-refractivity contribution in [2.24, 2.45) is 0 Å². The first kappa shape index (κ1) is 26.6. The fourth-order valence-electron chi connectivity index (χ4n) is 4.53. The van der Waals surface area contributed by atoms with Crippen LogP contribution in [0.5, 0.6) is 17.2 Å². The molecular weight excluding hydrogens is 520 g/mol. The maximum absolute atomic E-state index is 12.7. The van der Waals surface area contributed by atoms with Crippen molar-refractivity contribution in [1.29, 1.82) is 0 Å². The van der Waals surface area contributed by atoms with Crippen molar-refractivity contribution < 1.29 is 26.5 Å². The van der Waals surface area contributed by atoms with E-state index in [1.54, 1.807) is 43.5 Å². The molecule has 0 spiro atoms. The lowest BCUT2D eigenvalue weighted by Gasteiger charge is -2.36. The Kier molecular flexibility index (Phi) is 8.04. The average molecular weight is 551 g/mol. The Labute approximate surface area is 227 Å². The number of hydrogen-bond acceptors (Lipinski definition) is 9. The van der Waals surface area contributed by atoms with Crippen LogP contribution in [-0.4, -0.2) is 59.8 Å². The largest absolute Gasteiger partial charge is 0.497 e. The maximum atomic E-state index is 12.7. The molecule has 10 heteroatoms. The SMILES string of the molecule is COc1ccc(N2CCN(CCCOc3ccc4c(OS(=O)(=O)c5ccccc5)cc(=O)oc4c3)CC2)cc1. The van der Waals surface area contributed by atoms with Gasteiger partial charge in [0.25, 0.3) is 0 Å². The van der Waals surface area contributed by atoms with E-state index in [0.29, 0.717) is 17.7 Å². The summed E-state index contributed by atoms with van der Waals surface area (Å²) in [5.74, 6) is 1.29. The molecule has 0 N–H and O–H groups in total. The van der Waals surface area contributed by atoms with E-state index < -0.39 is 15.7 Å². The van der Waals surface area contributed by atoms with Crippen LogP contribution in [0.4, 0.5) is 5.69 Å². The molecule has 1 fully saturated rings. The van der Waals surface area contributed by atoms with Gasteiger partial charge in [0.15, 0.2) is 5.75 Å². The summed E-state index contributed by atoms with van der Waals surface area (Å²) in [4.78, 5) is 16.9. The van der Waals surface area contributed by atoms with Crippen molar-refractivity contribution in [2.75, 3.05) is 51.3 Å². The summed E-state index contributed by atoms with van der Waals surface area (Å²) in [6, 6.07) is 21.8. The lowest BCUT2D eigenvalue weighted by molar-refractivity contribution is 0.225. The van der Waals surface area contributed by atoms with Crippen LogP contribution in [-0.2, 0) is 10.1 Å². The Morgan fingerprint density at radius 2 is 1.59 bits per heavy atom. The third-order valence-corrected chi connectivity index (χ3v) is 7.86. The van der Waals surface area contributed by atoms with Gasteiger partial charge in [-0.1, -0.05) is 18.2 Å². The van der Waals surface area contributed by atoms with Crippen LogP contribution in [0.25, 0.3) is 11.0 Å². The van der Waals surface area contributed by atoms with Crippen molar-refractivity contribution in [3.63, 3.8) is 0 Å². The summed E-state index contributed by atoms with van der Waals surface area (Å²) in [5.41, 5.74) is 0.674. The molecule has 0 atom stereocenters. The van der Waals surface area contributed by atoms with Gasteiger partial charge in [0.1, 0.15) is 22.0 Å². The van der Waals surface area contributed by atoms with E-state index in [9.17, 15) is 13.2 Å². The Hall–Kier alpha value is -4.02. The highest BCUT2D eigenvalue weighted by atomic mass is 32.2. The van der Waals surface area contributed by atoms with Gasteiger partial charge in [0.2, 0.25) is 0 Å². The van der Waals surface area contributed by atoms with Crippen LogP contribution in [0.3, 0.4) is 0 Å². The van der Waals surface area contributed by atoms with E-state index in [2.05, 4.69) is 21.9 Å². The highest BCUT2D eigenvalue weighted by Gasteiger charge is 2.20. The Bertz CT molecular complexity index is 1560. The number of rotatable bonds is 10. The number of piperazine rings is 1. The van der Waals surface area contributed by atoms with Gasteiger partial charge in [-0.2, -0.15) is 8.42 Å². The van der Waals surface area contributed by atoms with E-state index in [4.69, 9.17) is 18.1 Å². The predicted molar refractivity (Wildman–Crippen MR) is 148 cm³/mol. The quantitative estimate of drug-likeness (QED) is 0.164. The summed E-state index contributed by atoms with van der Waals surface area (Å²) < 4.78 is 47.0. The van der Waals surface area contributed by atoms with Crippen LogP contribution in [0.1, 0.15) is 6.42 Å². The Morgan fingerprint density at radius 1 is 0.872 bits per heavy atom. The standard InChI is InChI=1S/C29H30N2O7S/c1-35-23-10-8-22(9-11-23)31-17-15-30(16-18-31)14-5-19-36-24-12-13-26-27(20-24)37-29(32)21-28(26)38-39(33,34)25-6-3-2-4-7-25/h2-4,6-13,20-21H,5,14-19H2,1H3. The molecule has 2 heterocycles. The fraction of sp³-hybridized carbons (Fsp3) is 0.276. The molecule has 5 rings (SSSR count). The van der Waals surface area contributed by atoms with Gasteiger partial charge in [-0.05, 0) is 55.0 Å². The topological polar surface area (TPSA) is 98.5 Å². The molecule has 9 nitrogen and oxygen atoms in total. The number of anilines is 1. The van der Waals surface area contributed by atoms with E-state index in [0.717, 1.165) is 51.0 Å². The molecule has 0 amide bonds. The minimum atomic E-state index is -4.11. The van der Waals surface area contributed by atoms with Crippen LogP contribution in [0, 0.1) is 0 Å². The van der Waals surface area contributed by atoms with Gasteiger partial charge in [0, 0.05) is 44.5 Å². The molecule has 0 unspecified atom stereocenters. The third-order valence-electron chi connectivity index (χ3n) is 6.61. The molecule has 1 saturated heterocycles. The second-order valence-electron chi connectivity index (χ2n) is 9.17. The van der Waals surface area contributed by atoms with Gasteiger partial charge in [-0.15, -0.1) is 0 Å². The summed E-state index contributed by atoms with van der Waals surface area (Å²) in [5, 5.41) is 0.358. The van der Waals surface area contributed by atoms with Gasteiger partial charge in [-0.25, -0.2) is 4.79 Å². The minimum Gasteiger partial charge on any atom is -0.497 e. The van der Waals surface area contributed by atoms with Crippen LogP contribution in [0.2, 0.25) is 0 Å². The molecule has 0 saturated carbocycles. The smallest absolute Gasteiger partial charge is 0.340 e. The lowest BCUT2D eigenvalue weighted by atomic mass is 10.2. The molecule has 4 aromatic rings. The lowest BCUT2D eigenvalue weighted by Crippen LogP contribution is -2.46. The highest BCUT2D eigenvalue weighted by molar-refractivity contribution is 7.87. The molecule has 0 bridgehead atoms. The van der Waals surface area contributed by atoms with Gasteiger partial charge >= 0.3 is 15.7 Å². The minimum absolute atomic E-state index is 0.00603. The van der Waals surface area contributed by atoms with E-state index >= 15 is 0 Å². The van der Waals surface area contributed by atoms with E-state index in [-0.39, 0.29) is 16.2 Å². The zero-order valence-corrected chi connectivity index (χ0v) is 22.4. The number of ether oxygens (including phenoxy) is 2. The van der Waals surface area contributed by atoms with Gasteiger partial charge in [0.05, 0.1) is 25.2 Å². The van der Waals surface area contributed by atoms with Crippen molar-refractivity contribution >= 4 is 26.8 Å². The summed E-state index contributed by atoms with van der Waals surface area (Å²) >= 11 is 0. The zero-order chi connectivity index (χ0) is 27.2. The Morgan fingerprint density at radius 3 is 2.31 bits per heavy atom. The van der Waals surface area contributed by atoms with E-state index in [1.807, 2.05) is 12.1 Å². The van der Waals surface area contributed by atoms with Crippen molar-refractivity contribution in [3.05, 3.63) is 89.3 Å². The zero-order valence-electron chi connectivity index (χ0n) is 21.6. The number of fused-ring (bicyclic) bond motifs is 1. The molecule has 0 radical (unpaired) electrons. The number of methoxy groups -OCH3 is 1. The van der Waals surface area contributed by atoms with Crippen molar-refractivity contribution in [1.82, 2.24) is 4.90 Å². The summed E-state index contributed by atoms with van der Waals surface area (Å²) in [6.07, 6.45) is 0.836. The molecule has 1 aromatic heterocycles. The Balaban J connectivity index is 1.14. The van der Waals surface area contributed by atoms with Crippen LogP contribution < -0.4 is 24.2 Å². The van der Waals surface area contributed by atoms with Crippen LogP contribution in [0.15, 0.2) is 93.0 Å². The summed E-state index contributed by atoms with van der Waals surface area (Å²) in [6.45, 7) is 5.27. The number of benzene rings is 3. The first-order valence-corrected chi connectivity index (χ1v) is 14.1. The normalized spacial score (nSPS) is 14.3. The summed E-state index contributed by atoms with van der Waals surface area (Å²) in [7, 11) is -2.44. The molecule has 1 aliphatic heterocycles. The first-order chi connectivity index (χ1) is 18.9. The number of hydrogen-bond donors (Lipinski definition) is 0. The van der Waals surface area contributed by atoms with E-state index in [1.165, 1.54) is 17.8 Å². The van der Waals surface area contributed by atoms with Crippen molar-refractivity contribution in [2.45, 2.75) is 11.3 Å². The number of nitrogens with zero attached hydrogens (tertiary/aromatic N) is 2.